The average Bonchev–Trinajstić information content (AvgIpc) is 2.94. The Kier molecular flexibility index (Phi) is 5.03. The van der Waals surface area contributed by atoms with E-state index in [-0.39, 0.29) is 11.5 Å². The third-order valence-corrected chi connectivity index (χ3v) is 5.76. The standard InChI is InChI=1S/C15H16F3NO4S/c1-3-23-14(20)13-12(15(16,17)18)11(8-19-13)24(21,22)10-6-4-9(2)5-7-10/h4-8,11-13H,3H2,1-2H3. The lowest BCUT2D eigenvalue weighted by atomic mass is 9.99. The zero-order chi connectivity index (χ0) is 18.1. The second-order valence-electron chi connectivity index (χ2n) is 5.39. The molecule has 3 unspecified atom stereocenters. The van der Waals surface area contributed by atoms with Crippen LogP contribution in [-0.2, 0) is 19.4 Å². The van der Waals surface area contributed by atoms with E-state index in [1.807, 2.05) is 0 Å². The Balaban J connectivity index is 2.43. The van der Waals surface area contributed by atoms with Gasteiger partial charge in [0.25, 0.3) is 0 Å². The van der Waals surface area contributed by atoms with Gasteiger partial charge in [-0.25, -0.2) is 13.2 Å². The number of carbonyl (C=O) groups is 1. The first-order chi connectivity index (χ1) is 11.1. The molecule has 1 aliphatic rings. The van der Waals surface area contributed by atoms with Crippen molar-refractivity contribution in [3.05, 3.63) is 29.8 Å². The van der Waals surface area contributed by atoms with Crippen molar-refractivity contribution in [2.75, 3.05) is 6.61 Å². The number of sulfone groups is 1. The number of aryl methyl sites for hydroxylation is 1. The van der Waals surface area contributed by atoms with Crippen molar-refractivity contribution in [2.24, 2.45) is 10.9 Å². The molecule has 24 heavy (non-hydrogen) atoms. The summed E-state index contributed by atoms with van der Waals surface area (Å²) in [5.41, 5.74) is 0.769. The minimum Gasteiger partial charge on any atom is -0.464 e. The second-order valence-corrected chi connectivity index (χ2v) is 7.49. The van der Waals surface area contributed by atoms with Crippen molar-refractivity contribution >= 4 is 22.0 Å². The summed E-state index contributed by atoms with van der Waals surface area (Å²) < 4.78 is 70.0. The molecule has 0 N–H and O–H groups in total. The molecule has 0 saturated carbocycles. The van der Waals surface area contributed by atoms with Gasteiger partial charge in [0.1, 0.15) is 11.2 Å². The van der Waals surface area contributed by atoms with Crippen LogP contribution in [0.25, 0.3) is 0 Å². The third-order valence-electron chi connectivity index (χ3n) is 3.70. The first-order valence-corrected chi connectivity index (χ1v) is 8.71. The Bertz CT molecular complexity index is 741. The molecular formula is C15H16F3NO4S. The van der Waals surface area contributed by atoms with Crippen LogP contribution < -0.4 is 0 Å². The number of ether oxygens (including phenoxy) is 1. The summed E-state index contributed by atoms with van der Waals surface area (Å²) in [4.78, 5) is 15.0. The van der Waals surface area contributed by atoms with Gasteiger partial charge < -0.3 is 4.74 Å². The quantitative estimate of drug-likeness (QED) is 0.770. The highest BCUT2D eigenvalue weighted by molar-refractivity contribution is 7.92. The summed E-state index contributed by atoms with van der Waals surface area (Å²) in [6, 6.07) is 3.55. The normalized spacial score (nSPS) is 24.1. The SMILES string of the molecule is CCOC(=O)C1N=CC(S(=O)(=O)c2ccc(C)cc2)C1C(F)(F)F. The van der Waals surface area contributed by atoms with E-state index in [1.54, 1.807) is 6.92 Å². The summed E-state index contributed by atoms with van der Waals surface area (Å²) in [7, 11) is -4.35. The molecule has 1 aromatic carbocycles. The number of carbonyl (C=O) groups excluding carboxylic acids is 1. The Morgan fingerprint density at radius 3 is 2.33 bits per heavy atom. The summed E-state index contributed by atoms with van der Waals surface area (Å²) in [5.74, 6) is -3.65. The fourth-order valence-corrected chi connectivity index (χ4v) is 4.25. The lowest BCUT2D eigenvalue weighted by Gasteiger charge is -2.25. The van der Waals surface area contributed by atoms with Crippen LogP contribution in [-0.4, -0.2) is 44.7 Å². The minimum absolute atomic E-state index is 0.120. The summed E-state index contributed by atoms with van der Waals surface area (Å²) in [5, 5.41) is -1.96. The van der Waals surface area contributed by atoms with E-state index in [9.17, 15) is 26.4 Å². The van der Waals surface area contributed by atoms with Crippen LogP contribution in [0.3, 0.4) is 0 Å². The molecular weight excluding hydrogens is 347 g/mol. The van der Waals surface area contributed by atoms with Crippen LogP contribution in [0.4, 0.5) is 13.2 Å². The zero-order valence-electron chi connectivity index (χ0n) is 12.9. The van der Waals surface area contributed by atoms with Gasteiger partial charge in [-0.15, -0.1) is 0 Å². The number of halogens is 3. The highest BCUT2D eigenvalue weighted by Gasteiger charge is 2.58. The van der Waals surface area contributed by atoms with E-state index in [2.05, 4.69) is 9.73 Å². The van der Waals surface area contributed by atoms with Gasteiger partial charge in [-0.1, -0.05) is 17.7 Å². The highest BCUT2D eigenvalue weighted by atomic mass is 32.2. The van der Waals surface area contributed by atoms with Crippen LogP contribution in [0.2, 0.25) is 0 Å². The molecule has 0 amide bonds. The number of aliphatic imine (C=N–C) groups is 1. The first-order valence-electron chi connectivity index (χ1n) is 7.16. The molecule has 0 radical (unpaired) electrons. The van der Waals surface area contributed by atoms with Crippen molar-refractivity contribution in [1.82, 2.24) is 0 Å². The molecule has 0 spiro atoms. The van der Waals surface area contributed by atoms with Gasteiger partial charge in [0.2, 0.25) is 0 Å². The largest absolute Gasteiger partial charge is 0.464 e. The number of hydrogen-bond donors (Lipinski definition) is 0. The molecule has 3 atom stereocenters. The molecule has 0 saturated heterocycles. The molecule has 0 aliphatic carbocycles. The smallest absolute Gasteiger partial charge is 0.396 e. The average molecular weight is 363 g/mol. The molecule has 1 aliphatic heterocycles. The number of esters is 1. The maximum atomic E-state index is 13.4. The number of hydrogen-bond acceptors (Lipinski definition) is 5. The lowest BCUT2D eigenvalue weighted by Crippen LogP contribution is -2.45. The molecule has 5 nitrogen and oxygen atoms in total. The van der Waals surface area contributed by atoms with Crippen molar-refractivity contribution in [1.29, 1.82) is 0 Å². The maximum absolute atomic E-state index is 13.4. The van der Waals surface area contributed by atoms with Crippen molar-refractivity contribution < 1.29 is 31.1 Å². The summed E-state index contributed by atoms with van der Waals surface area (Å²) >= 11 is 0. The van der Waals surface area contributed by atoms with E-state index in [0.29, 0.717) is 6.21 Å². The third kappa shape index (κ3) is 3.45. The van der Waals surface area contributed by atoms with Crippen molar-refractivity contribution in [3.63, 3.8) is 0 Å². The molecule has 0 aromatic heterocycles. The lowest BCUT2D eigenvalue weighted by molar-refractivity contribution is -0.183. The van der Waals surface area contributed by atoms with E-state index >= 15 is 0 Å². The topological polar surface area (TPSA) is 72.8 Å². The van der Waals surface area contributed by atoms with Crippen LogP contribution in [0.5, 0.6) is 0 Å². The van der Waals surface area contributed by atoms with E-state index in [1.165, 1.54) is 31.2 Å². The summed E-state index contributed by atoms with van der Waals surface area (Å²) in [6.07, 6.45) is -4.23. The van der Waals surface area contributed by atoms with E-state index < -0.39 is 39.2 Å². The van der Waals surface area contributed by atoms with Gasteiger partial charge in [-0.3, -0.25) is 4.99 Å². The van der Waals surface area contributed by atoms with Crippen LogP contribution in [0.15, 0.2) is 34.2 Å². The van der Waals surface area contributed by atoms with Crippen LogP contribution in [0.1, 0.15) is 12.5 Å². The second kappa shape index (κ2) is 6.54. The zero-order valence-corrected chi connectivity index (χ0v) is 13.8. The molecule has 0 fully saturated rings. The summed E-state index contributed by atoms with van der Waals surface area (Å²) in [6.45, 7) is 3.05. The number of nitrogens with zero attached hydrogens (tertiary/aromatic N) is 1. The Morgan fingerprint density at radius 2 is 1.83 bits per heavy atom. The number of rotatable bonds is 4. The molecule has 0 bridgehead atoms. The highest BCUT2D eigenvalue weighted by Crippen LogP contribution is 2.40. The Morgan fingerprint density at radius 1 is 1.25 bits per heavy atom. The molecule has 132 valence electrons. The fraction of sp³-hybridized carbons (Fsp3) is 0.467. The van der Waals surface area contributed by atoms with Gasteiger partial charge in [0.15, 0.2) is 15.9 Å². The maximum Gasteiger partial charge on any atom is 0.396 e. The fourth-order valence-electron chi connectivity index (χ4n) is 2.50. The van der Waals surface area contributed by atoms with E-state index in [0.717, 1.165) is 5.56 Å². The molecule has 1 aromatic rings. The minimum atomic E-state index is -4.92. The molecule has 1 heterocycles. The van der Waals surface area contributed by atoms with Gasteiger partial charge in [-0.2, -0.15) is 13.2 Å². The number of benzene rings is 1. The first kappa shape index (κ1) is 18.4. The van der Waals surface area contributed by atoms with Gasteiger partial charge in [-0.05, 0) is 26.0 Å². The molecule has 2 rings (SSSR count). The predicted molar refractivity (Wildman–Crippen MR) is 80.6 cm³/mol. The van der Waals surface area contributed by atoms with Crippen molar-refractivity contribution in [2.45, 2.75) is 36.2 Å². The predicted octanol–water partition coefficient (Wildman–Crippen LogP) is 2.33. The Hall–Kier alpha value is -1.90. The van der Waals surface area contributed by atoms with Crippen molar-refractivity contribution in [3.8, 4) is 0 Å². The van der Waals surface area contributed by atoms with Crippen LogP contribution in [0, 0.1) is 12.8 Å². The van der Waals surface area contributed by atoms with Gasteiger partial charge in [0, 0.05) is 6.21 Å². The van der Waals surface area contributed by atoms with Crippen LogP contribution >= 0.6 is 0 Å². The molecule has 9 heteroatoms. The van der Waals surface area contributed by atoms with Gasteiger partial charge in [0.05, 0.1) is 11.5 Å². The van der Waals surface area contributed by atoms with Gasteiger partial charge >= 0.3 is 12.1 Å². The number of alkyl halides is 3. The Labute approximate surface area is 137 Å². The monoisotopic (exact) mass is 363 g/mol. The van der Waals surface area contributed by atoms with E-state index in [4.69, 9.17) is 0 Å².